The number of hydrogen-bond acceptors (Lipinski definition) is 3. The third-order valence-electron chi connectivity index (χ3n) is 6.17. The van der Waals surface area contributed by atoms with Gasteiger partial charge in [-0.05, 0) is 39.9 Å². The van der Waals surface area contributed by atoms with Gasteiger partial charge in [0.05, 0.1) is 0 Å². The molecule has 5 aromatic rings. The van der Waals surface area contributed by atoms with Crippen LogP contribution >= 0.6 is 0 Å². The van der Waals surface area contributed by atoms with E-state index >= 15 is 0 Å². The van der Waals surface area contributed by atoms with Gasteiger partial charge in [-0.3, -0.25) is 4.79 Å². The molecule has 0 radical (unpaired) electrons. The zero-order chi connectivity index (χ0) is 21.5. The predicted octanol–water partition coefficient (Wildman–Crippen LogP) is 6.53. The van der Waals surface area contributed by atoms with Crippen LogP contribution in [0.2, 0.25) is 0 Å². The van der Waals surface area contributed by atoms with E-state index < -0.39 is 6.23 Å². The van der Waals surface area contributed by atoms with Gasteiger partial charge in [0.2, 0.25) is 12.0 Å². The van der Waals surface area contributed by atoms with Crippen LogP contribution in [0, 0.1) is 0 Å². The Kier molecular flexibility index (Phi) is 4.39. The minimum absolute atomic E-state index is 0.0669. The minimum Gasteiger partial charge on any atom is -0.463 e. The molecule has 3 nitrogen and oxygen atoms in total. The highest BCUT2D eigenvalue weighted by Gasteiger charge is 2.51. The molecule has 0 aromatic heterocycles. The van der Waals surface area contributed by atoms with Crippen LogP contribution in [0.3, 0.4) is 0 Å². The quantitative estimate of drug-likeness (QED) is 0.313. The second-order valence-electron chi connectivity index (χ2n) is 8.07. The zero-order valence-corrected chi connectivity index (χ0v) is 17.4. The van der Waals surface area contributed by atoms with Crippen molar-refractivity contribution < 1.29 is 9.53 Å². The molecule has 5 aromatic carbocycles. The predicted molar refractivity (Wildman–Crippen MR) is 129 cm³/mol. The SMILES string of the molecule is O=C1[C@H](Oc2ccccc2)N(c2cc3ccccc3c3ccccc23)[C@@H]1c1ccccc1. The van der Waals surface area contributed by atoms with Crippen molar-refractivity contribution in [2.24, 2.45) is 0 Å². The monoisotopic (exact) mass is 415 g/mol. The highest BCUT2D eigenvalue weighted by atomic mass is 16.5. The van der Waals surface area contributed by atoms with Crippen molar-refractivity contribution in [3.05, 3.63) is 121 Å². The summed E-state index contributed by atoms with van der Waals surface area (Å²) in [7, 11) is 0. The van der Waals surface area contributed by atoms with Crippen molar-refractivity contribution in [1.29, 1.82) is 0 Å². The summed E-state index contributed by atoms with van der Waals surface area (Å²) in [5.41, 5.74) is 1.98. The molecule has 0 amide bonds. The number of benzene rings is 5. The van der Waals surface area contributed by atoms with Crippen LogP contribution in [0.5, 0.6) is 5.75 Å². The van der Waals surface area contributed by atoms with Gasteiger partial charge in [0.15, 0.2) is 0 Å². The molecular formula is C29H21NO2. The Morgan fingerprint density at radius 3 is 1.97 bits per heavy atom. The van der Waals surface area contributed by atoms with E-state index in [4.69, 9.17) is 4.74 Å². The van der Waals surface area contributed by atoms with Crippen molar-refractivity contribution in [2.45, 2.75) is 12.3 Å². The highest BCUT2D eigenvalue weighted by molar-refractivity contribution is 6.15. The van der Waals surface area contributed by atoms with Crippen molar-refractivity contribution in [2.75, 3.05) is 4.90 Å². The summed E-state index contributed by atoms with van der Waals surface area (Å²) in [4.78, 5) is 15.5. The van der Waals surface area contributed by atoms with Gasteiger partial charge in [0, 0.05) is 11.1 Å². The van der Waals surface area contributed by atoms with Gasteiger partial charge in [-0.15, -0.1) is 0 Å². The third kappa shape index (κ3) is 2.94. The lowest BCUT2D eigenvalue weighted by atomic mass is 9.88. The number of anilines is 1. The molecule has 6 rings (SSSR count). The van der Waals surface area contributed by atoms with E-state index in [0.29, 0.717) is 5.75 Å². The Morgan fingerprint density at radius 1 is 0.625 bits per heavy atom. The summed E-state index contributed by atoms with van der Waals surface area (Å²) >= 11 is 0. The molecule has 1 fully saturated rings. The van der Waals surface area contributed by atoms with Crippen molar-refractivity contribution >= 4 is 33.0 Å². The zero-order valence-electron chi connectivity index (χ0n) is 17.4. The maximum Gasteiger partial charge on any atom is 0.235 e. The third-order valence-corrected chi connectivity index (χ3v) is 6.17. The molecule has 154 valence electrons. The van der Waals surface area contributed by atoms with Gasteiger partial charge in [-0.1, -0.05) is 97.1 Å². The van der Waals surface area contributed by atoms with Crippen LogP contribution in [0.1, 0.15) is 11.6 Å². The van der Waals surface area contributed by atoms with Gasteiger partial charge in [-0.2, -0.15) is 0 Å². The maximum absolute atomic E-state index is 13.4. The minimum atomic E-state index is -0.674. The van der Waals surface area contributed by atoms with E-state index in [1.165, 1.54) is 10.8 Å². The van der Waals surface area contributed by atoms with Gasteiger partial charge >= 0.3 is 0 Å². The Balaban J connectivity index is 1.55. The first-order chi connectivity index (χ1) is 15.8. The lowest BCUT2D eigenvalue weighted by Crippen LogP contribution is -2.62. The number of para-hydroxylation sites is 1. The fraction of sp³-hybridized carbons (Fsp3) is 0.0690. The number of rotatable bonds is 4. The van der Waals surface area contributed by atoms with E-state index in [1.807, 2.05) is 66.7 Å². The van der Waals surface area contributed by atoms with E-state index in [2.05, 4.69) is 53.4 Å². The standard InChI is InChI=1S/C29H21NO2/c31-28-27(20-11-3-1-4-12-20)30(29(28)32-22-14-5-2-6-15-22)26-19-21-13-7-8-16-23(21)24-17-9-10-18-25(24)26/h1-19,27,29H/t27-,29+/m1/s1. The second kappa shape index (κ2) is 7.54. The largest absolute Gasteiger partial charge is 0.463 e. The highest BCUT2D eigenvalue weighted by Crippen LogP contribution is 2.45. The molecule has 0 bridgehead atoms. The average molecular weight is 415 g/mol. The van der Waals surface area contributed by atoms with Crippen LogP contribution in [0.4, 0.5) is 5.69 Å². The molecule has 1 aliphatic rings. The number of carbonyl (C=O) groups excluding carboxylic acids is 1. The Labute approximate surface area is 186 Å². The second-order valence-corrected chi connectivity index (χ2v) is 8.07. The summed E-state index contributed by atoms with van der Waals surface area (Å²) in [6, 6.07) is 38.1. The molecule has 0 spiro atoms. The average Bonchev–Trinajstić information content (AvgIpc) is 2.86. The summed E-state index contributed by atoms with van der Waals surface area (Å²) in [5, 5.41) is 4.63. The summed E-state index contributed by atoms with van der Waals surface area (Å²) in [6.45, 7) is 0. The number of hydrogen-bond donors (Lipinski definition) is 0. The molecule has 32 heavy (non-hydrogen) atoms. The Hall–Kier alpha value is -4.11. The molecule has 0 unspecified atom stereocenters. The van der Waals surface area contributed by atoms with E-state index in [1.54, 1.807) is 0 Å². The van der Waals surface area contributed by atoms with Gasteiger partial charge in [0.25, 0.3) is 0 Å². The van der Waals surface area contributed by atoms with E-state index in [0.717, 1.165) is 22.0 Å². The smallest absolute Gasteiger partial charge is 0.235 e. The number of fused-ring (bicyclic) bond motifs is 3. The molecule has 1 aliphatic heterocycles. The first kappa shape index (κ1) is 18.6. The van der Waals surface area contributed by atoms with Crippen LogP contribution in [0.25, 0.3) is 21.5 Å². The molecular weight excluding hydrogens is 394 g/mol. The number of Topliss-reactive ketones (excluding diaryl/α,β-unsaturated/α-hetero) is 1. The van der Waals surface area contributed by atoms with Crippen LogP contribution < -0.4 is 9.64 Å². The lowest BCUT2D eigenvalue weighted by Gasteiger charge is -2.48. The fourth-order valence-corrected chi connectivity index (χ4v) is 4.68. The number of nitrogens with zero attached hydrogens (tertiary/aromatic N) is 1. The molecule has 0 aliphatic carbocycles. The molecule has 1 heterocycles. The number of carbonyl (C=O) groups is 1. The number of ether oxygens (including phenoxy) is 1. The van der Waals surface area contributed by atoms with Crippen molar-refractivity contribution in [1.82, 2.24) is 0 Å². The van der Waals surface area contributed by atoms with E-state index in [9.17, 15) is 4.79 Å². The van der Waals surface area contributed by atoms with Gasteiger partial charge in [-0.25, -0.2) is 0 Å². The molecule has 1 saturated heterocycles. The maximum atomic E-state index is 13.4. The van der Waals surface area contributed by atoms with Crippen LogP contribution in [-0.2, 0) is 4.79 Å². The lowest BCUT2D eigenvalue weighted by molar-refractivity contribution is -0.135. The molecule has 3 heteroatoms. The Bertz CT molecular complexity index is 1430. The molecule has 0 N–H and O–H groups in total. The molecule has 2 atom stereocenters. The summed E-state index contributed by atoms with van der Waals surface area (Å²) < 4.78 is 6.22. The van der Waals surface area contributed by atoms with Crippen molar-refractivity contribution in [3.63, 3.8) is 0 Å². The Morgan fingerprint density at radius 2 is 1.22 bits per heavy atom. The number of ketones is 1. The summed E-state index contributed by atoms with van der Waals surface area (Å²) in [6.07, 6.45) is -0.674. The first-order valence-corrected chi connectivity index (χ1v) is 10.8. The normalized spacial score (nSPS) is 18.0. The topological polar surface area (TPSA) is 29.5 Å². The van der Waals surface area contributed by atoms with Gasteiger partial charge < -0.3 is 9.64 Å². The first-order valence-electron chi connectivity index (χ1n) is 10.8. The van der Waals surface area contributed by atoms with Crippen molar-refractivity contribution in [3.8, 4) is 5.75 Å². The van der Waals surface area contributed by atoms with Gasteiger partial charge in [0.1, 0.15) is 11.8 Å². The summed E-state index contributed by atoms with van der Waals surface area (Å²) in [5.74, 6) is 0.754. The molecule has 0 saturated carbocycles. The van der Waals surface area contributed by atoms with E-state index in [-0.39, 0.29) is 11.8 Å². The fourth-order valence-electron chi connectivity index (χ4n) is 4.68. The van der Waals surface area contributed by atoms with Crippen LogP contribution in [0.15, 0.2) is 115 Å². The van der Waals surface area contributed by atoms with Crippen LogP contribution in [-0.4, -0.2) is 12.0 Å².